The molecule has 18 heavy (non-hydrogen) atoms. The van der Waals surface area contributed by atoms with Crippen molar-refractivity contribution in [3.05, 3.63) is 35.9 Å². The monoisotopic (exact) mass is 251 g/mol. The summed E-state index contributed by atoms with van der Waals surface area (Å²) in [6.07, 6.45) is 0.0572. The third kappa shape index (κ3) is 6.91. The van der Waals surface area contributed by atoms with Crippen molar-refractivity contribution in [2.45, 2.75) is 32.9 Å². The number of hydrogen-bond donors (Lipinski definition) is 1. The highest BCUT2D eigenvalue weighted by Crippen LogP contribution is 1.97. The van der Waals surface area contributed by atoms with Crippen LogP contribution in [0.2, 0.25) is 0 Å². The predicted octanol–water partition coefficient (Wildman–Crippen LogP) is 2.73. The van der Waals surface area contributed by atoms with Gasteiger partial charge in [0.15, 0.2) is 0 Å². The molecule has 0 aliphatic rings. The standard InChI is InChI=1S/C14H21NO3/c1-12(2)18-14(16)17-10-6-9-15-11-13-7-4-3-5-8-13/h3-5,7-8,12,15H,6,9-11H2,1-2H3. The topological polar surface area (TPSA) is 47.6 Å². The second-order valence-corrected chi connectivity index (χ2v) is 4.28. The molecular weight excluding hydrogens is 230 g/mol. The Morgan fingerprint density at radius 2 is 2.00 bits per heavy atom. The first kappa shape index (κ1) is 14.5. The summed E-state index contributed by atoms with van der Waals surface area (Å²) < 4.78 is 9.75. The average molecular weight is 251 g/mol. The molecule has 1 aromatic carbocycles. The maximum atomic E-state index is 11.0. The number of ether oxygens (including phenoxy) is 2. The first-order valence-electron chi connectivity index (χ1n) is 6.26. The van der Waals surface area contributed by atoms with Crippen molar-refractivity contribution in [3.63, 3.8) is 0 Å². The van der Waals surface area contributed by atoms with Crippen LogP contribution < -0.4 is 5.32 Å². The molecule has 0 fully saturated rings. The molecule has 0 aromatic heterocycles. The fraction of sp³-hybridized carbons (Fsp3) is 0.500. The zero-order valence-corrected chi connectivity index (χ0v) is 11.0. The molecule has 0 spiro atoms. The Morgan fingerprint density at radius 1 is 1.28 bits per heavy atom. The van der Waals surface area contributed by atoms with E-state index in [-0.39, 0.29) is 6.10 Å². The number of rotatable bonds is 7. The van der Waals surface area contributed by atoms with Crippen LogP contribution in [0.1, 0.15) is 25.8 Å². The lowest BCUT2D eigenvalue weighted by Gasteiger charge is -2.09. The van der Waals surface area contributed by atoms with E-state index in [0.717, 1.165) is 19.5 Å². The van der Waals surface area contributed by atoms with E-state index < -0.39 is 6.16 Å². The van der Waals surface area contributed by atoms with Crippen molar-refractivity contribution in [3.8, 4) is 0 Å². The summed E-state index contributed by atoms with van der Waals surface area (Å²) in [6, 6.07) is 10.2. The first-order chi connectivity index (χ1) is 8.68. The van der Waals surface area contributed by atoms with Crippen LogP contribution in [-0.2, 0) is 16.0 Å². The summed E-state index contributed by atoms with van der Waals surface area (Å²) in [5, 5.41) is 3.28. The zero-order chi connectivity index (χ0) is 13.2. The fourth-order valence-electron chi connectivity index (χ4n) is 1.41. The SMILES string of the molecule is CC(C)OC(=O)OCCCNCc1ccccc1. The molecule has 0 atom stereocenters. The molecule has 4 heteroatoms. The highest BCUT2D eigenvalue weighted by atomic mass is 16.7. The van der Waals surface area contributed by atoms with Crippen molar-refractivity contribution in [1.82, 2.24) is 5.32 Å². The first-order valence-corrected chi connectivity index (χ1v) is 6.26. The Balaban J connectivity index is 1.98. The number of hydrogen-bond acceptors (Lipinski definition) is 4. The Labute approximate surface area is 108 Å². The minimum Gasteiger partial charge on any atom is -0.434 e. The van der Waals surface area contributed by atoms with E-state index in [1.54, 1.807) is 13.8 Å². The van der Waals surface area contributed by atoms with Crippen molar-refractivity contribution >= 4 is 6.16 Å². The highest BCUT2D eigenvalue weighted by Gasteiger charge is 2.05. The molecular formula is C14H21NO3. The third-order valence-electron chi connectivity index (χ3n) is 2.22. The second-order valence-electron chi connectivity index (χ2n) is 4.28. The molecule has 0 saturated heterocycles. The molecule has 0 aliphatic carbocycles. The van der Waals surface area contributed by atoms with E-state index in [4.69, 9.17) is 9.47 Å². The Bertz CT molecular complexity index is 338. The van der Waals surface area contributed by atoms with Gasteiger partial charge < -0.3 is 14.8 Å². The van der Waals surface area contributed by atoms with Gasteiger partial charge in [-0.15, -0.1) is 0 Å². The van der Waals surface area contributed by atoms with Crippen LogP contribution in [0, 0.1) is 0 Å². The van der Waals surface area contributed by atoms with Gasteiger partial charge in [-0.25, -0.2) is 4.79 Å². The van der Waals surface area contributed by atoms with Gasteiger partial charge in [0.1, 0.15) is 0 Å². The van der Waals surface area contributed by atoms with Crippen LogP contribution in [0.5, 0.6) is 0 Å². The number of nitrogens with one attached hydrogen (secondary N) is 1. The maximum Gasteiger partial charge on any atom is 0.508 e. The summed E-state index contributed by atoms with van der Waals surface area (Å²) in [5.41, 5.74) is 1.25. The predicted molar refractivity (Wildman–Crippen MR) is 70.3 cm³/mol. The second kappa shape index (κ2) is 8.53. The van der Waals surface area contributed by atoms with Crippen LogP contribution in [-0.4, -0.2) is 25.4 Å². The molecule has 0 heterocycles. The van der Waals surface area contributed by atoms with Crippen molar-refractivity contribution in [2.24, 2.45) is 0 Å². The van der Waals surface area contributed by atoms with Gasteiger partial charge in [0, 0.05) is 6.54 Å². The molecule has 0 unspecified atom stereocenters. The average Bonchev–Trinajstić information content (AvgIpc) is 2.34. The number of carbonyl (C=O) groups excluding carboxylic acids is 1. The zero-order valence-electron chi connectivity index (χ0n) is 11.0. The van der Waals surface area contributed by atoms with Crippen molar-refractivity contribution < 1.29 is 14.3 Å². The van der Waals surface area contributed by atoms with Crippen LogP contribution in [0.25, 0.3) is 0 Å². The van der Waals surface area contributed by atoms with Crippen molar-refractivity contribution in [1.29, 1.82) is 0 Å². The number of benzene rings is 1. The Hall–Kier alpha value is -1.55. The molecule has 1 N–H and O–H groups in total. The Kier molecular flexibility index (Phi) is 6.87. The summed E-state index contributed by atoms with van der Waals surface area (Å²) in [4.78, 5) is 11.0. The highest BCUT2D eigenvalue weighted by molar-refractivity contribution is 5.59. The summed E-state index contributed by atoms with van der Waals surface area (Å²) >= 11 is 0. The van der Waals surface area contributed by atoms with E-state index in [1.165, 1.54) is 5.56 Å². The van der Waals surface area contributed by atoms with Gasteiger partial charge >= 0.3 is 6.16 Å². The van der Waals surface area contributed by atoms with Gasteiger partial charge in [0.2, 0.25) is 0 Å². The molecule has 0 aliphatic heterocycles. The van der Waals surface area contributed by atoms with E-state index in [9.17, 15) is 4.79 Å². The maximum absolute atomic E-state index is 11.0. The van der Waals surface area contributed by atoms with Gasteiger partial charge in [-0.2, -0.15) is 0 Å². The van der Waals surface area contributed by atoms with Crippen molar-refractivity contribution in [2.75, 3.05) is 13.2 Å². The van der Waals surface area contributed by atoms with Crippen LogP contribution in [0.15, 0.2) is 30.3 Å². The summed E-state index contributed by atoms with van der Waals surface area (Å²) in [7, 11) is 0. The lowest BCUT2D eigenvalue weighted by molar-refractivity contribution is 0.0341. The normalized spacial score (nSPS) is 10.4. The molecule has 4 nitrogen and oxygen atoms in total. The molecule has 100 valence electrons. The van der Waals surface area contributed by atoms with Crippen LogP contribution in [0.3, 0.4) is 0 Å². The molecule has 0 radical (unpaired) electrons. The molecule has 0 bridgehead atoms. The third-order valence-corrected chi connectivity index (χ3v) is 2.22. The largest absolute Gasteiger partial charge is 0.508 e. The van der Waals surface area contributed by atoms with E-state index in [0.29, 0.717) is 6.61 Å². The Morgan fingerprint density at radius 3 is 2.67 bits per heavy atom. The molecule has 0 amide bonds. The molecule has 1 rings (SSSR count). The van der Waals surface area contributed by atoms with Gasteiger partial charge in [-0.1, -0.05) is 30.3 Å². The molecule has 0 saturated carbocycles. The summed E-state index contributed by atoms with van der Waals surface area (Å²) in [6.45, 7) is 5.61. The lowest BCUT2D eigenvalue weighted by Crippen LogP contribution is -2.18. The smallest absolute Gasteiger partial charge is 0.434 e. The minimum atomic E-state index is -0.590. The minimum absolute atomic E-state index is 0.131. The van der Waals surface area contributed by atoms with Gasteiger partial charge in [0.25, 0.3) is 0 Å². The van der Waals surface area contributed by atoms with Gasteiger partial charge in [0.05, 0.1) is 12.7 Å². The molecule has 1 aromatic rings. The van der Waals surface area contributed by atoms with Gasteiger partial charge in [-0.05, 0) is 32.4 Å². The van der Waals surface area contributed by atoms with Crippen LogP contribution >= 0.6 is 0 Å². The van der Waals surface area contributed by atoms with Gasteiger partial charge in [-0.3, -0.25) is 0 Å². The van der Waals surface area contributed by atoms with E-state index >= 15 is 0 Å². The lowest BCUT2D eigenvalue weighted by atomic mass is 10.2. The van der Waals surface area contributed by atoms with Crippen LogP contribution in [0.4, 0.5) is 4.79 Å². The summed E-state index contributed by atoms with van der Waals surface area (Å²) in [5.74, 6) is 0. The fourth-order valence-corrected chi connectivity index (χ4v) is 1.41. The quantitative estimate of drug-likeness (QED) is 0.598. The number of carbonyl (C=O) groups is 1. The van der Waals surface area contributed by atoms with E-state index in [1.807, 2.05) is 18.2 Å². The van der Waals surface area contributed by atoms with E-state index in [2.05, 4.69) is 17.4 Å².